The van der Waals surface area contributed by atoms with Crippen LogP contribution in [0.15, 0.2) is 54.6 Å². The van der Waals surface area contributed by atoms with Crippen LogP contribution in [0.3, 0.4) is 0 Å². The number of halogens is 2. The van der Waals surface area contributed by atoms with Crippen LogP contribution < -0.4 is 17.2 Å². The predicted octanol–water partition coefficient (Wildman–Crippen LogP) is 2.01. The molecule has 0 spiro atoms. The highest BCUT2D eigenvalue weighted by Gasteiger charge is 2.79. The molecule has 1 aliphatic heterocycles. The highest BCUT2D eigenvalue weighted by Crippen LogP contribution is 2.61. The van der Waals surface area contributed by atoms with Gasteiger partial charge in [0.05, 0.1) is 6.54 Å². The first kappa shape index (κ1) is 24.8. The first-order valence-corrected chi connectivity index (χ1v) is 9.77. The Kier molecular flexibility index (Phi) is 7.17. The van der Waals surface area contributed by atoms with Gasteiger partial charge in [-0.3, -0.25) is 10.2 Å². The van der Waals surface area contributed by atoms with E-state index >= 15 is 0 Å². The van der Waals surface area contributed by atoms with Crippen LogP contribution in [-0.4, -0.2) is 34.2 Å². The molecule has 166 valence electrons. The van der Waals surface area contributed by atoms with Gasteiger partial charge in [-0.1, -0.05) is 54.6 Å². The number of amidine groups is 1. The third-order valence-electron chi connectivity index (χ3n) is 6.69. The van der Waals surface area contributed by atoms with Crippen molar-refractivity contribution in [3.05, 3.63) is 71.3 Å². The fourth-order valence-corrected chi connectivity index (χ4v) is 5.05. The van der Waals surface area contributed by atoms with Gasteiger partial charge in [0.25, 0.3) is 5.91 Å². The molecule has 7 N–H and O–H groups in total. The predicted molar refractivity (Wildman–Crippen MR) is 124 cm³/mol. The normalized spacial score (nSPS) is 26.5. The summed E-state index contributed by atoms with van der Waals surface area (Å²) in [4.78, 5) is 26.3. The molecule has 1 heterocycles. The van der Waals surface area contributed by atoms with Gasteiger partial charge >= 0.3 is 5.91 Å². The van der Waals surface area contributed by atoms with E-state index in [9.17, 15) is 9.59 Å². The third kappa shape index (κ3) is 3.83. The van der Waals surface area contributed by atoms with E-state index in [-0.39, 0.29) is 47.0 Å². The maximum atomic E-state index is 13.8. The number of benzene rings is 2. The van der Waals surface area contributed by atoms with E-state index in [1.54, 1.807) is 12.1 Å². The molecule has 2 fully saturated rings. The van der Waals surface area contributed by atoms with E-state index in [2.05, 4.69) is 0 Å². The molecular formula is C22H28Cl2N5O2+. The molecule has 2 aromatic rings. The first-order valence-electron chi connectivity index (χ1n) is 9.77. The molecule has 2 aromatic carbocycles. The second kappa shape index (κ2) is 8.96. The third-order valence-corrected chi connectivity index (χ3v) is 6.69. The molecular weight excluding hydrogens is 437 g/mol. The summed E-state index contributed by atoms with van der Waals surface area (Å²) >= 11 is 0. The molecule has 0 radical (unpaired) electrons. The van der Waals surface area contributed by atoms with Crippen molar-refractivity contribution < 1.29 is 14.1 Å². The van der Waals surface area contributed by atoms with Crippen LogP contribution in [0.2, 0.25) is 0 Å². The number of rotatable bonds is 6. The maximum Gasteiger partial charge on any atom is 0.336 e. The number of nitrogen functional groups attached to an aromatic ring is 1. The number of carbonyl (C=O) groups excluding carboxylic acids is 2. The van der Waals surface area contributed by atoms with E-state index in [1.807, 2.05) is 42.5 Å². The van der Waals surface area contributed by atoms with Crippen molar-refractivity contribution in [1.82, 2.24) is 0 Å². The molecule has 1 saturated carbocycles. The average Bonchev–Trinajstić information content (AvgIpc) is 3.40. The van der Waals surface area contributed by atoms with Gasteiger partial charge in [-0.25, -0.2) is 9.28 Å². The number of primary amides is 1. The van der Waals surface area contributed by atoms with Crippen molar-refractivity contribution in [3.63, 3.8) is 0 Å². The summed E-state index contributed by atoms with van der Waals surface area (Å²) in [7, 11) is 0. The van der Waals surface area contributed by atoms with Crippen molar-refractivity contribution in [3.8, 4) is 0 Å². The van der Waals surface area contributed by atoms with Crippen LogP contribution in [0.5, 0.6) is 0 Å². The van der Waals surface area contributed by atoms with Crippen molar-refractivity contribution in [2.75, 3.05) is 6.54 Å². The Balaban J connectivity index is 0.00000171. The molecule has 1 unspecified atom stereocenters. The fraction of sp³-hybridized carbons (Fsp3) is 0.318. The van der Waals surface area contributed by atoms with Gasteiger partial charge in [-0.2, -0.15) is 0 Å². The van der Waals surface area contributed by atoms with Crippen LogP contribution >= 0.6 is 24.8 Å². The number of nitrogens with one attached hydrogen (secondary N) is 1. The minimum atomic E-state index is -0.872. The van der Waals surface area contributed by atoms with Crippen molar-refractivity contribution in [2.45, 2.75) is 31.0 Å². The van der Waals surface area contributed by atoms with E-state index < -0.39 is 17.5 Å². The molecule has 7 nitrogen and oxygen atoms in total. The number of nitrogens with zero attached hydrogens (tertiary/aromatic N) is 1. The number of carbonyl (C=O) groups is 2. The Morgan fingerprint density at radius 3 is 2.19 bits per heavy atom. The molecule has 0 bridgehead atoms. The number of quaternary nitrogens is 1. The van der Waals surface area contributed by atoms with Crippen LogP contribution in [-0.2, 0) is 16.1 Å². The highest BCUT2D eigenvalue weighted by atomic mass is 35.5. The van der Waals surface area contributed by atoms with E-state index in [0.29, 0.717) is 25.1 Å². The smallest absolute Gasteiger partial charge is 0.336 e. The number of nitrogens with two attached hydrogens (primary N) is 3. The number of likely N-dealkylation sites (tertiary alicyclic amines) is 1. The zero-order valence-corrected chi connectivity index (χ0v) is 18.6. The SMILES string of the molecule is Cl.Cl.N=C(N)c1ccc(C[N+]2(C(=O)[C@H](N)c3ccccc3)CC[C@@H]3C[C@@]32C(N)=O)cc1. The molecule has 0 aromatic heterocycles. The lowest BCUT2D eigenvalue weighted by atomic mass is 10.00. The minimum absolute atomic E-state index is 0. The number of piperidine rings is 1. The standard InChI is InChI=1S/C22H25N5O2.2ClH/c23-18(15-4-2-1-3-5-15)20(28)27(11-10-17-12-22(17,27)21(26)29)13-14-6-8-16(9-7-14)19(24)25;;/h1-9,17-18H,10-13,23H2,(H4-,24,25,26,29);2*1H/p+1/t17-,18-,22+,27?;;/m1../s1. The van der Waals surface area contributed by atoms with E-state index in [0.717, 1.165) is 17.5 Å². The lowest BCUT2D eigenvalue weighted by molar-refractivity contribution is -0.886. The number of hydrogen-bond acceptors (Lipinski definition) is 4. The molecule has 4 rings (SSSR count). The lowest BCUT2D eigenvalue weighted by Gasteiger charge is -2.40. The maximum absolute atomic E-state index is 13.8. The monoisotopic (exact) mass is 464 g/mol. The Hall–Kier alpha value is -2.45. The quantitative estimate of drug-likeness (QED) is 0.295. The summed E-state index contributed by atoms with van der Waals surface area (Å²) in [6.07, 6.45) is 1.41. The van der Waals surface area contributed by atoms with Gasteiger partial charge in [-0.15, -0.1) is 24.8 Å². The van der Waals surface area contributed by atoms with Crippen LogP contribution in [0.1, 0.15) is 35.6 Å². The van der Waals surface area contributed by atoms with Gasteiger partial charge in [0.15, 0.2) is 5.54 Å². The van der Waals surface area contributed by atoms with Crippen molar-refractivity contribution >= 4 is 42.5 Å². The lowest BCUT2D eigenvalue weighted by Crippen LogP contribution is -2.65. The summed E-state index contributed by atoms with van der Waals surface area (Å²) in [6.45, 7) is 0.887. The Morgan fingerprint density at radius 1 is 1.06 bits per heavy atom. The zero-order valence-electron chi connectivity index (χ0n) is 17.0. The second-order valence-electron chi connectivity index (χ2n) is 8.17. The summed E-state index contributed by atoms with van der Waals surface area (Å²) in [5.74, 6) is -0.484. The largest absolute Gasteiger partial charge is 0.384 e. The Bertz CT molecular complexity index is 985. The molecule has 31 heavy (non-hydrogen) atoms. The van der Waals surface area contributed by atoms with Gasteiger partial charge in [-0.05, 0) is 5.56 Å². The van der Waals surface area contributed by atoms with Crippen molar-refractivity contribution in [2.24, 2.45) is 23.1 Å². The van der Waals surface area contributed by atoms with Gasteiger partial charge in [0.2, 0.25) is 0 Å². The van der Waals surface area contributed by atoms with Gasteiger partial charge in [0, 0.05) is 29.9 Å². The summed E-state index contributed by atoms with van der Waals surface area (Å²) in [5, 5.41) is 7.56. The zero-order chi connectivity index (χ0) is 20.8. The van der Waals surface area contributed by atoms with E-state index in [4.69, 9.17) is 22.6 Å². The molecule has 1 aliphatic carbocycles. The Labute approximate surface area is 193 Å². The van der Waals surface area contributed by atoms with Crippen LogP contribution in [0, 0.1) is 11.3 Å². The molecule has 4 atom stereocenters. The fourth-order valence-electron chi connectivity index (χ4n) is 5.05. The molecule has 2 amide bonds. The summed E-state index contributed by atoms with van der Waals surface area (Å²) in [6, 6.07) is 15.6. The highest BCUT2D eigenvalue weighted by molar-refractivity contribution is 5.95. The topological polar surface area (TPSA) is 136 Å². The first-order chi connectivity index (χ1) is 13.8. The van der Waals surface area contributed by atoms with Crippen molar-refractivity contribution in [1.29, 1.82) is 5.41 Å². The summed E-state index contributed by atoms with van der Waals surface area (Å²) in [5.41, 5.74) is 19.1. The molecule has 2 aliphatic rings. The van der Waals surface area contributed by atoms with E-state index in [1.165, 1.54) is 0 Å². The number of fused-ring (bicyclic) bond motifs is 1. The Morgan fingerprint density at radius 2 is 1.68 bits per heavy atom. The minimum Gasteiger partial charge on any atom is -0.384 e. The van der Waals surface area contributed by atoms with Crippen LogP contribution in [0.4, 0.5) is 0 Å². The summed E-state index contributed by atoms with van der Waals surface area (Å²) < 4.78 is -0.0392. The molecule has 9 heteroatoms. The average molecular weight is 465 g/mol. The van der Waals surface area contributed by atoms with Crippen LogP contribution in [0.25, 0.3) is 0 Å². The van der Waals surface area contributed by atoms with Gasteiger partial charge in [0.1, 0.15) is 18.4 Å². The second-order valence-corrected chi connectivity index (χ2v) is 8.17. The number of hydrogen-bond donors (Lipinski definition) is 4. The molecule has 1 saturated heterocycles. The van der Waals surface area contributed by atoms with Gasteiger partial charge < -0.3 is 17.2 Å². The number of amides is 2.